The van der Waals surface area contributed by atoms with Crippen LogP contribution < -0.4 is 15.4 Å². The number of anilines is 2. The number of benzene rings is 3. The third-order valence-corrected chi connectivity index (χ3v) is 4.66. The molecule has 0 fully saturated rings. The van der Waals surface area contributed by atoms with E-state index < -0.39 is 0 Å². The topological polar surface area (TPSA) is 76.1 Å². The molecule has 0 unspecified atom stereocenters. The van der Waals surface area contributed by atoms with E-state index in [0.29, 0.717) is 17.4 Å². The molecule has 150 valence electrons. The largest absolute Gasteiger partial charge is 0.497 e. The van der Waals surface area contributed by atoms with Gasteiger partial charge in [0, 0.05) is 22.7 Å². The summed E-state index contributed by atoms with van der Waals surface area (Å²) >= 11 is 0. The molecule has 2 N–H and O–H groups in total. The van der Waals surface area contributed by atoms with E-state index >= 15 is 0 Å². The lowest BCUT2D eigenvalue weighted by atomic mass is 10.0. The van der Waals surface area contributed by atoms with Crippen LogP contribution in [-0.4, -0.2) is 29.5 Å². The van der Waals surface area contributed by atoms with E-state index in [0.717, 1.165) is 27.7 Å². The maximum absolute atomic E-state index is 12.4. The highest BCUT2D eigenvalue weighted by Crippen LogP contribution is 2.28. The molecule has 0 aliphatic heterocycles. The lowest BCUT2D eigenvalue weighted by Crippen LogP contribution is -2.22. The molecule has 0 aliphatic rings. The number of methoxy groups -OCH3 is 1. The Balaban J connectivity index is 1.57. The third kappa shape index (κ3) is 4.38. The van der Waals surface area contributed by atoms with Crippen LogP contribution in [-0.2, 0) is 4.79 Å². The van der Waals surface area contributed by atoms with E-state index in [9.17, 15) is 4.79 Å². The van der Waals surface area contributed by atoms with Crippen molar-refractivity contribution in [3.63, 3.8) is 0 Å². The van der Waals surface area contributed by atoms with Gasteiger partial charge in [-0.2, -0.15) is 0 Å². The second kappa shape index (κ2) is 8.61. The molecule has 0 saturated carbocycles. The first-order valence-corrected chi connectivity index (χ1v) is 9.64. The number of hydrogen-bond donors (Lipinski definition) is 2. The van der Waals surface area contributed by atoms with E-state index in [1.165, 1.54) is 0 Å². The Labute approximate surface area is 175 Å². The van der Waals surface area contributed by atoms with Gasteiger partial charge in [0.05, 0.1) is 24.9 Å². The van der Waals surface area contributed by atoms with Crippen molar-refractivity contribution >= 4 is 28.4 Å². The Bertz CT molecular complexity index is 1190. The number of aromatic nitrogens is 2. The second-order valence-corrected chi connectivity index (χ2v) is 6.92. The monoisotopic (exact) mass is 398 g/mol. The Morgan fingerprint density at radius 1 is 0.967 bits per heavy atom. The highest BCUT2D eigenvalue weighted by Gasteiger charge is 2.11. The molecule has 4 rings (SSSR count). The number of nitrogens with one attached hydrogen (secondary N) is 2. The molecule has 30 heavy (non-hydrogen) atoms. The number of nitrogens with zero attached hydrogens (tertiary/aromatic N) is 2. The van der Waals surface area contributed by atoms with Crippen LogP contribution in [0.25, 0.3) is 22.2 Å². The number of hydrogen-bond acceptors (Lipinski definition) is 5. The molecule has 6 heteroatoms. The van der Waals surface area contributed by atoms with Crippen LogP contribution in [0.4, 0.5) is 11.6 Å². The summed E-state index contributed by atoms with van der Waals surface area (Å²) in [6.45, 7) is 2.09. The normalized spacial score (nSPS) is 10.6. The van der Waals surface area contributed by atoms with Crippen molar-refractivity contribution in [3.05, 3.63) is 78.4 Å². The van der Waals surface area contributed by atoms with Gasteiger partial charge < -0.3 is 15.4 Å². The first-order valence-electron chi connectivity index (χ1n) is 9.64. The van der Waals surface area contributed by atoms with Crippen LogP contribution in [0.3, 0.4) is 0 Å². The zero-order valence-corrected chi connectivity index (χ0v) is 16.8. The van der Waals surface area contributed by atoms with E-state index in [-0.39, 0.29) is 12.5 Å². The molecular formula is C24H22N4O2. The molecular weight excluding hydrogens is 376 g/mol. The van der Waals surface area contributed by atoms with Gasteiger partial charge in [-0.05, 0) is 31.2 Å². The number of rotatable bonds is 6. The molecule has 1 heterocycles. The second-order valence-electron chi connectivity index (χ2n) is 6.92. The van der Waals surface area contributed by atoms with E-state index in [4.69, 9.17) is 9.72 Å². The fraction of sp³-hybridized carbons (Fsp3) is 0.125. The lowest BCUT2D eigenvalue weighted by Gasteiger charge is -2.11. The van der Waals surface area contributed by atoms with Gasteiger partial charge in [-0.25, -0.2) is 9.97 Å². The third-order valence-electron chi connectivity index (χ3n) is 4.66. The van der Waals surface area contributed by atoms with Gasteiger partial charge in [0.2, 0.25) is 11.9 Å². The van der Waals surface area contributed by atoms with Gasteiger partial charge in [-0.1, -0.05) is 48.0 Å². The molecule has 1 amide bonds. The predicted molar refractivity (Wildman–Crippen MR) is 120 cm³/mol. The smallest absolute Gasteiger partial charge is 0.243 e. The molecule has 0 spiro atoms. The fourth-order valence-electron chi connectivity index (χ4n) is 3.20. The maximum Gasteiger partial charge on any atom is 0.243 e. The molecule has 0 radical (unpaired) electrons. The quantitative estimate of drug-likeness (QED) is 0.494. The van der Waals surface area contributed by atoms with Crippen LogP contribution in [0.15, 0.2) is 72.8 Å². The summed E-state index contributed by atoms with van der Waals surface area (Å²) in [4.78, 5) is 21.7. The summed E-state index contributed by atoms with van der Waals surface area (Å²) in [5.74, 6) is 0.893. The number of ether oxygens (including phenoxy) is 1. The summed E-state index contributed by atoms with van der Waals surface area (Å²) in [5.41, 5.74) is 4.47. The first kappa shape index (κ1) is 19.4. The van der Waals surface area contributed by atoms with Gasteiger partial charge in [0.1, 0.15) is 5.75 Å². The summed E-state index contributed by atoms with van der Waals surface area (Å²) < 4.78 is 5.18. The molecule has 0 aliphatic carbocycles. The molecule has 0 bridgehead atoms. The van der Waals surface area contributed by atoms with Gasteiger partial charge in [0.25, 0.3) is 0 Å². The number of carbonyl (C=O) groups is 1. The number of fused-ring (bicyclic) bond motifs is 1. The van der Waals surface area contributed by atoms with Crippen molar-refractivity contribution in [2.45, 2.75) is 6.92 Å². The number of carbonyl (C=O) groups excluding carboxylic acids is 1. The number of aryl methyl sites for hydroxylation is 1. The minimum absolute atomic E-state index is 0.0445. The van der Waals surface area contributed by atoms with E-state index in [1.54, 1.807) is 13.2 Å². The minimum Gasteiger partial charge on any atom is -0.497 e. The molecule has 0 saturated heterocycles. The Morgan fingerprint density at radius 2 is 1.80 bits per heavy atom. The summed E-state index contributed by atoms with van der Waals surface area (Å²) in [7, 11) is 1.59. The summed E-state index contributed by atoms with van der Waals surface area (Å²) in [6, 6.07) is 23.3. The maximum atomic E-state index is 12.4. The summed E-state index contributed by atoms with van der Waals surface area (Å²) in [6.07, 6.45) is 0. The molecule has 3 aromatic carbocycles. The average Bonchev–Trinajstić information content (AvgIpc) is 2.78. The SMILES string of the molecule is COc1cccc(NC(=O)CNc2nc(-c3ccccc3)c3cc(C)ccc3n2)c1. The van der Waals surface area contributed by atoms with Crippen molar-refractivity contribution in [1.29, 1.82) is 0 Å². The van der Waals surface area contributed by atoms with Crippen LogP contribution >= 0.6 is 0 Å². The van der Waals surface area contributed by atoms with Crippen molar-refractivity contribution in [2.75, 3.05) is 24.3 Å². The van der Waals surface area contributed by atoms with Crippen molar-refractivity contribution < 1.29 is 9.53 Å². The van der Waals surface area contributed by atoms with E-state index in [2.05, 4.69) is 21.7 Å². The average molecular weight is 398 g/mol. The molecule has 0 atom stereocenters. The Morgan fingerprint density at radius 3 is 2.60 bits per heavy atom. The molecule has 1 aromatic heterocycles. The van der Waals surface area contributed by atoms with Gasteiger partial charge >= 0.3 is 0 Å². The first-order chi connectivity index (χ1) is 14.6. The Hall–Kier alpha value is -3.93. The van der Waals surface area contributed by atoms with Crippen LogP contribution in [0.1, 0.15) is 5.56 Å². The predicted octanol–water partition coefficient (Wildman–Crippen LogP) is 4.66. The highest BCUT2D eigenvalue weighted by molar-refractivity contribution is 5.95. The van der Waals surface area contributed by atoms with E-state index in [1.807, 2.05) is 67.6 Å². The number of amides is 1. The van der Waals surface area contributed by atoms with Gasteiger partial charge in [-0.15, -0.1) is 0 Å². The summed E-state index contributed by atoms with van der Waals surface area (Å²) in [5, 5.41) is 6.86. The van der Waals surface area contributed by atoms with Crippen LogP contribution in [0, 0.1) is 6.92 Å². The van der Waals surface area contributed by atoms with Gasteiger partial charge in [0.15, 0.2) is 0 Å². The van der Waals surface area contributed by atoms with Crippen LogP contribution in [0.2, 0.25) is 0 Å². The standard InChI is InChI=1S/C24H22N4O2/c1-16-11-12-21-20(13-16)23(17-7-4-3-5-8-17)28-24(27-21)25-15-22(29)26-18-9-6-10-19(14-18)30-2/h3-14H,15H2,1-2H3,(H,26,29)(H,25,27,28). The lowest BCUT2D eigenvalue weighted by molar-refractivity contribution is -0.114. The van der Waals surface area contributed by atoms with Crippen molar-refractivity contribution in [1.82, 2.24) is 9.97 Å². The molecule has 6 nitrogen and oxygen atoms in total. The van der Waals surface area contributed by atoms with Crippen LogP contribution in [0.5, 0.6) is 5.75 Å². The zero-order chi connectivity index (χ0) is 20.9. The molecule has 4 aromatic rings. The zero-order valence-electron chi connectivity index (χ0n) is 16.8. The minimum atomic E-state index is -0.197. The van der Waals surface area contributed by atoms with Crippen molar-refractivity contribution in [3.8, 4) is 17.0 Å². The van der Waals surface area contributed by atoms with Gasteiger partial charge in [-0.3, -0.25) is 4.79 Å². The fourth-order valence-corrected chi connectivity index (χ4v) is 3.20. The Kier molecular flexibility index (Phi) is 5.57. The van der Waals surface area contributed by atoms with Crippen molar-refractivity contribution in [2.24, 2.45) is 0 Å². The highest BCUT2D eigenvalue weighted by atomic mass is 16.5.